The molecule has 1 aromatic carbocycles. The molecule has 7 heteroatoms. The number of aromatic nitrogens is 2. The monoisotopic (exact) mass is 280 g/mol. The predicted molar refractivity (Wildman–Crippen MR) is 73.2 cm³/mol. The Kier molecular flexibility index (Phi) is 4.18. The molecule has 0 unspecified atom stereocenters. The zero-order chi connectivity index (χ0) is 13.7. The summed E-state index contributed by atoms with van der Waals surface area (Å²) in [5.74, 6) is 0. The van der Waals surface area contributed by atoms with Crippen molar-refractivity contribution in [2.45, 2.75) is 18.5 Å². The lowest BCUT2D eigenvalue weighted by Gasteiger charge is -2.07. The van der Waals surface area contributed by atoms with E-state index < -0.39 is 10.0 Å². The van der Waals surface area contributed by atoms with Crippen molar-refractivity contribution in [3.05, 3.63) is 42.1 Å². The number of nitrogens with zero attached hydrogens (tertiary/aromatic N) is 1. The quantitative estimate of drug-likeness (QED) is 0.745. The van der Waals surface area contributed by atoms with Crippen LogP contribution >= 0.6 is 0 Å². The van der Waals surface area contributed by atoms with E-state index in [1.807, 2.05) is 19.1 Å². The second-order valence-corrected chi connectivity index (χ2v) is 5.65. The first kappa shape index (κ1) is 13.6. The second-order valence-electron chi connectivity index (χ2n) is 4.00. The minimum absolute atomic E-state index is 0.0456. The van der Waals surface area contributed by atoms with Crippen LogP contribution in [0.3, 0.4) is 0 Å². The largest absolute Gasteiger partial charge is 0.313 e. The molecule has 0 amide bonds. The molecular weight excluding hydrogens is 264 g/mol. The van der Waals surface area contributed by atoms with Crippen molar-refractivity contribution in [2.75, 3.05) is 11.3 Å². The Bertz CT molecular complexity index is 606. The van der Waals surface area contributed by atoms with E-state index >= 15 is 0 Å². The standard InChI is InChI=1S/C12H16N4O2S/c1-2-13-9-10-3-5-11(6-4-10)16-19(17,18)12-7-8-14-15-12/h3-8,13,16H,2,9H2,1H3,(H,14,15). The van der Waals surface area contributed by atoms with Crippen molar-refractivity contribution in [2.24, 2.45) is 0 Å². The van der Waals surface area contributed by atoms with E-state index in [0.717, 1.165) is 18.7 Å². The highest BCUT2D eigenvalue weighted by molar-refractivity contribution is 7.92. The van der Waals surface area contributed by atoms with Crippen molar-refractivity contribution in [3.8, 4) is 0 Å². The van der Waals surface area contributed by atoms with Crippen molar-refractivity contribution in [1.82, 2.24) is 15.5 Å². The molecule has 102 valence electrons. The van der Waals surface area contributed by atoms with Crippen molar-refractivity contribution >= 4 is 15.7 Å². The molecule has 0 aliphatic rings. The maximum atomic E-state index is 11.9. The Labute approximate surface area is 112 Å². The number of hydrogen-bond acceptors (Lipinski definition) is 4. The minimum atomic E-state index is -3.58. The number of anilines is 1. The van der Waals surface area contributed by atoms with Crippen LogP contribution in [0.25, 0.3) is 0 Å². The molecule has 0 aliphatic heterocycles. The summed E-state index contributed by atoms with van der Waals surface area (Å²) in [6, 6.07) is 8.64. The number of H-pyrrole nitrogens is 1. The fourth-order valence-electron chi connectivity index (χ4n) is 1.56. The number of aromatic amines is 1. The Hall–Kier alpha value is -1.86. The van der Waals surface area contributed by atoms with Crippen LogP contribution in [-0.4, -0.2) is 25.2 Å². The average Bonchev–Trinajstić information content (AvgIpc) is 2.92. The summed E-state index contributed by atoms with van der Waals surface area (Å²) in [6.45, 7) is 3.70. The number of benzene rings is 1. The Morgan fingerprint density at radius 1 is 1.21 bits per heavy atom. The second kappa shape index (κ2) is 5.85. The minimum Gasteiger partial charge on any atom is -0.313 e. The molecule has 2 rings (SSSR count). The maximum Gasteiger partial charge on any atom is 0.278 e. The number of rotatable bonds is 6. The third kappa shape index (κ3) is 3.55. The SMILES string of the molecule is CCNCc1ccc(NS(=O)(=O)c2ccn[nH]2)cc1. The Morgan fingerprint density at radius 2 is 1.95 bits per heavy atom. The number of sulfonamides is 1. The van der Waals surface area contributed by atoms with Crippen LogP contribution in [0.2, 0.25) is 0 Å². The highest BCUT2D eigenvalue weighted by Crippen LogP contribution is 2.14. The van der Waals surface area contributed by atoms with Gasteiger partial charge in [-0.3, -0.25) is 9.82 Å². The maximum absolute atomic E-state index is 11.9. The highest BCUT2D eigenvalue weighted by Gasteiger charge is 2.15. The Balaban J connectivity index is 2.07. The van der Waals surface area contributed by atoms with Crippen LogP contribution in [0, 0.1) is 0 Å². The first-order valence-electron chi connectivity index (χ1n) is 5.93. The molecule has 3 N–H and O–H groups in total. The van der Waals surface area contributed by atoms with Crippen LogP contribution in [0.4, 0.5) is 5.69 Å². The lowest BCUT2D eigenvalue weighted by Crippen LogP contribution is -2.14. The van der Waals surface area contributed by atoms with Gasteiger partial charge in [0.15, 0.2) is 5.03 Å². The van der Waals surface area contributed by atoms with E-state index in [-0.39, 0.29) is 5.03 Å². The van der Waals surface area contributed by atoms with Crippen molar-refractivity contribution in [3.63, 3.8) is 0 Å². The van der Waals surface area contributed by atoms with Crippen LogP contribution in [0.15, 0.2) is 41.6 Å². The zero-order valence-electron chi connectivity index (χ0n) is 10.6. The summed E-state index contributed by atoms with van der Waals surface area (Å²) < 4.78 is 26.3. The molecule has 0 aliphatic carbocycles. The molecule has 0 radical (unpaired) electrons. The summed E-state index contributed by atoms with van der Waals surface area (Å²) in [6.07, 6.45) is 1.40. The molecule has 0 bridgehead atoms. The van der Waals surface area contributed by atoms with Gasteiger partial charge in [0.2, 0.25) is 0 Å². The molecule has 0 spiro atoms. The highest BCUT2D eigenvalue weighted by atomic mass is 32.2. The Morgan fingerprint density at radius 3 is 2.53 bits per heavy atom. The van der Waals surface area contributed by atoms with E-state index in [0.29, 0.717) is 5.69 Å². The summed E-state index contributed by atoms with van der Waals surface area (Å²) in [5.41, 5.74) is 1.63. The van der Waals surface area contributed by atoms with E-state index in [1.54, 1.807) is 12.1 Å². The van der Waals surface area contributed by atoms with E-state index in [9.17, 15) is 8.42 Å². The van der Waals surface area contributed by atoms with Gasteiger partial charge in [0, 0.05) is 12.2 Å². The van der Waals surface area contributed by atoms with Gasteiger partial charge in [-0.25, -0.2) is 0 Å². The molecule has 0 saturated carbocycles. The molecule has 0 saturated heterocycles. The van der Waals surface area contributed by atoms with Gasteiger partial charge in [0.25, 0.3) is 10.0 Å². The van der Waals surface area contributed by atoms with Gasteiger partial charge in [0.05, 0.1) is 6.20 Å². The van der Waals surface area contributed by atoms with Gasteiger partial charge >= 0.3 is 0 Å². The van der Waals surface area contributed by atoms with E-state index in [4.69, 9.17) is 0 Å². The third-order valence-electron chi connectivity index (χ3n) is 2.55. The van der Waals surface area contributed by atoms with Crippen LogP contribution in [0.5, 0.6) is 0 Å². The van der Waals surface area contributed by atoms with Gasteiger partial charge in [-0.1, -0.05) is 19.1 Å². The third-order valence-corrected chi connectivity index (χ3v) is 3.86. The molecule has 6 nitrogen and oxygen atoms in total. The number of hydrogen-bond donors (Lipinski definition) is 3. The van der Waals surface area contributed by atoms with Crippen LogP contribution in [0.1, 0.15) is 12.5 Å². The fraction of sp³-hybridized carbons (Fsp3) is 0.250. The average molecular weight is 280 g/mol. The smallest absolute Gasteiger partial charge is 0.278 e. The molecule has 0 atom stereocenters. The predicted octanol–water partition coefficient (Wildman–Crippen LogP) is 1.32. The van der Waals surface area contributed by atoms with Crippen LogP contribution in [-0.2, 0) is 16.6 Å². The normalized spacial score (nSPS) is 11.4. The summed E-state index contributed by atoms with van der Waals surface area (Å²) in [7, 11) is -3.58. The zero-order valence-corrected chi connectivity index (χ0v) is 11.4. The lowest BCUT2D eigenvalue weighted by molar-refractivity contribution is 0.597. The summed E-state index contributed by atoms with van der Waals surface area (Å²) in [4.78, 5) is 0. The fourth-order valence-corrected chi connectivity index (χ4v) is 2.53. The van der Waals surface area contributed by atoms with Gasteiger partial charge in [-0.05, 0) is 30.3 Å². The molecule has 2 aromatic rings. The van der Waals surface area contributed by atoms with Gasteiger partial charge in [-0.15, -0.1) is 0 Å². The van der Waals surface area contributed by atoms with E-state index in [1.165, 1.54) is 12.3 Å². The molecule has 19 heavy (non-hydrogen) atoms. The summed E-state index contributed by atoms with van der Waals surface area (Å²) in [5, 5.41) is 9.30. The lowest BCUT2D eigenvalue weighted by atomic mass is 10.2. The van der Waals surface area contributed by atoms with E-state index in [2.05, 4.69) is 20.2 Å². The number of nitrogens with one attached hydrogen (secondary N) is 3. The topological polar surface area (TPSA) is 86.9 Å². The molecule has 0 fully saturated rings. The first-order chi connectivity index (χ1) is 9.12. The molecule has 1 aromatic heterocycles. The molecule has 1 heterocycles. The van der Waals surface area contributed by atoms with Crippen molar-refractivity contribution in [1.29, 1.82) is 0 Å². The van der Waals surface area contributed by atoms with Crippen molar-refractivity contribution < 1.29 is 8.42 Å². The van der Waals surface area contributed by atoms with Gasteiger partial charge in [-0.2, -0.15) is 13.5 Å². The summed E-state index contributed by atoms with van der Waals surface area (Å²) >= 11 is 0. The van der Waals surface area contributed by atoms with Gasteiger partial charge < -0.3 is 5.32 Å². The van der Waals surface area contributed by atoms with Crippen LogP contribution < -0.4 is 10.0 Å². The molecular formula is C12H16N4O2S. The van der Waals surface area contributed by atoms with Gasteiger partial charge in [0.1, 0.15) is 0 Å². The first-order valence-corrected chi connectivity index (χ1v) is 7.42.